The first-order chi connectivity index (χ1) is 12.0. The Balaban J connectivity index is 2.14. The van der Waals surface area contributed by atoms with E-state index in [9.17, 15) is 4.79 Å². The molecule has 0 amide bonds. The van der Waals surface area contributed by atoms with Crippen molar-refractivity contribution in [3.8, 4) is 17.2 Å². The molecule has 3 rings (SSSR count). The van der Waals surface area contributed by atoms with Gasteiger partial charge >= 0.3 is 0 Å². The van der Waals surface area contributed by atoms with Crippen LogP contribution in [-0.4, -0.2) is 46.8 Å². The van der Waals surface area contributed by atoms with Crippen molar-refractivity contribution in [1.29, 1.82) is 0 Å². The Morgan fingerprint density at radius 1 is 1.12 bits per heavy atom. The average Bonchev–Trinajstić information content (AvgIpc) is 3.21. The summed E-state index contributed by atoms with van der Waals surface area (Å²) in [6.07, 6.45) is 1.65. The van der Waals surface area contributed by atoms with Crippen molar-refractivity contribution in [2.75, 3.05) is 21.3 Å². The third-order valence-corrected chi connectivity index (χ3v) is 4.04. The molecule has 132 valence electrons. The summed E-state index contributed by atoms with van der Waals surface area (Å²) in [5.74, 6) is 0.958. The van der Waals surface area contributed by atoms with E-state index in [1.54, 1.807) is 18.3 Å². The van der Waals surface area contributed by atoms with Gasteiger partial charge in [-0.05, 0) is 26.0 Å². The van der Waals surface area contributed by atoms with Crippen LogP contribution in [-0.2, 0) is 6.54 Å². The van der Waals surface area contributed by atoms with Gasteiger partial charge in [0.1, 0.15) is 11.0 Å². The van der Waals surface area contributed by atoms with Gasteiger partial charge in [-0.15, -0.1) is 0 Å². The van der Waals surface area contributed by atoms with E-state index in [-0.39, 0.29) is 5.91 Å². The summed E-state index contributed by atoms with van der Waals surface area (Å²) < 4.78 is 19.1. The van der Waals surface area contributed by atoms with E-state index in [0.717, 1.165) is 11.2 Å². The Labute approximate surface area is 144 Å². The lowest BCUT2D eigenvalue weighted by Gasteiger charge is -2.13. The molecule has 0 unspecified atom stereocenters. The molecule has 1 aromatic carbocycles. The predicted octanol–water partition coefficient (Wildman–Crippen LogP) is 2.28. The van der Waals surface area contributed by atoms with E-state index in [0.29, 0.717) is 34.9 Å². The van der Waals surface area contributed by atoms with Crippen molar-refractivity contribution in [2.45, 2.75) is 20.4 Å². The molecular formula is C17H20N4O4. The zero-order chi connectivity index (χ0) is 18.1. The molecule has 0 atom stereocenters. The van der Waals surface area contributed by atoms with Gasteiger partial charge in [-0.3, -0.25) is 9.48 Å². The lowest BCUT2D eigenvalue weighted by atomic mass is 10.1. The number of benzene rings is 1. The minimum atomic E-state index is -0.298. The van der Waals surface area contributed by atoms with E-state index in [1.807, 2.05) is 18.5 Å². The van der Waals surface area contributed by atoms with Crippen molar-refractivity contribution >= 4 is 16.9 Å². The van der Waals surface area contributed by atoms with Crippen molar-refractivity contribution < 1.29 is 19.0 Å². The Hall–Kier alpha value is -3.03. The normalized spacial score (nSPS) is 10.9. The van der Waals surface area contributed by atoms with Crippen LogP contribution in [0, 0.1) is 6.92 Å². The number of methoxy groups -OCH3 is 3. The number of hydrogen-bond donors (Lipinski definition) is 0. The summed E-state index contributed by atoms with van der Waals surface area (Å²) in [4.78, 5) is 13.0. The lowest BCUT2D eigenvalue weighted by Crippen LogP contribution is -2.14. The van der Waals surface area contributed by atoms with Crippen LogP contribution in [0.1, 0.15) is 23.0 Å². The molecule has 0 radical (unpaired) electrons. The highest BCUT2D eigenvalue weighted by atomic mass is 16.5. The molecule has 0 aliphatic rings. The number of rotatable bonds is 5. The van der Waals surface area contributed by atoms with Gasteiger partial charge in [-0.25, -0.2) is 0 Å². The zero-order valence-corrected chi connectivity index (χ0v) is 14.9. The molecule has 3 aromatic rings. The number of carbonyl (C=O) groups excluding carboxylic acids is 1. The van der Waals surface area contributed by atoms with Crippen LogP contribution >= 0.6 is 0 Å². The fourth-order valence-corrected chi connectivity index (χ4v) is 2.87. The summed E-state index contributed by atoms with van der Waals surface area (Å²) >= 11 is 0. The summed E-state index contributed by atoms with van der Waals surface area (Å²) in [5, 5.41) is 8.68. The van der Waals surface area contributed by atoms with Gasteiger partial charge in [0.25, 0.3) is 5.91 Å². The topological polar surface area (TPSA) is 80.4 Å². The van der Waals surface area contributed by atoms with E-state index in [4.69, 9.17) is 14.2 Å². The van der Waals surface area contributed by atoms with Crippen LogP contribution in [0.3, 0.4) is 0 Å². The monoisotopic (exact) mass is 344 g/mol. The number of aromatic nitrogens is 4. The molecule has 0 fully saturated rings. The van der Waals surface area contributed by atoms with Crippen LogP contribution in [0.4, 0.5) is 0 Å². The van der Waals surface area contributed by atoms with Crippen molar-refractivity contribution in [3.05, 3.63) is 29.6 Å². The molecule has 0 N–H and O–H groups in total. The van der Waals surface area contributed by atoms with Gasteiger partial charge in [0.15, 0.2) is 11.5 Å². The lowest BCUT2D eigenvalue weighted by molar-refractivity contribution is 0.0949. The van der Waals surface area contributed by atoms with Crippen LogP contribution in [0.15, 0.2) is 18.3 Å². The molecule has 0 aliphatic carbocycles. The fourth-order valence-electron chi connectivity index (χ4n) is 2.87. The molecular weight excluding hydrogens is 324 g/mol. The van der Waals surface area contributed by atoms with Crippen LogP contribution in [0.2, 0.25) is 0 Å². The Morgan fingerprint density at radius 2 is 1.76 bits per heavy atom. The number of fused-ring (bicyclic) bond motifs is 1. The maximum absolute atomic E-state index is 13.0. The van der Waals surface area contributed by atoms with Crippen molar-refractivity contribution in [3.63, 3.8) is 0 Å². The quantitative estimate of drug-likeness (QED) is 0.706. The first-order valence-corrected chi connectivity index (χ1v) is 7.81. The fraction of sp³-hybridized carbons (Fsp3) is 0.353. The standard InChI is InChI=1S/C17H20N4O4/c1-6-20-12-9-18-21(15(12)10(2)19-20)17(22)11-7-13(23-3)16(25-5)14(8-11)24-4/h7-9H,6H2,1-5H3. The number of hydrogen-bond acceptors (Lipinski definition) is 6. The zero-order valence-electron chi connectivity index (χ0n) is 14.9. The maximum Gasteiger partial charge on any atom is 0.279 e. The molecule has 0 bridgehead atoms. The SMILES string of the molecule is CCn1nc(C)c2c1cnn2C(=O)c1cc(OC)c(OC)c(OC)c1. The molecule has 0 spiro atoms. The highest BCUT2D eigenvalue weighted by molar-refractivity contribution is 6.01. The molecule has 8 nitrogen and oxygen atoms in total. The Kier molecular flexibility index (Phi) is 4.35. The summed E-state index contributed by atoms with van der Waals surface area (Å²) in [6.45, 7) is 4.55. The summed E-state index contributed by atoms with van der Waals surface area (Å²) in [7, 11) is 4.53. The second-order valence-corrected chi connectivity index (χ2v) is 5.41. The summed E-state index contributed by atoms with van der Waals surface area (Å²) in [6, 6.07) is 3.22. The second-order valence-electron chi connectivity index (χ2n) is 5.41. The molecule has 2 heterocycles. The molecule has 2 aromatic heterocycles. The third kappa shape index (κ3) is 2.59. The van der Waals surface area contributed by atoms with E-state index in [2.05, 4.69) is 10.2 Å². The highest BCUT2D eigenvalue weighted by Crippen LogP contribution is 2.38. The second kappa shape index (κ2) is 6.46. The Bertz CT molecular complexity index is 917. The Morgan fingerprint density at radius 3 is 2.28 bits per heavy atom. The highest BCUT2D eigenvalue weighted by Gasteiger charge is 2.22. The van der Waals surface area contributed by atoms with Gasteiger partial charge < -0.3 is 14.2 Å². The van der Waals surface area contributed by atoms with Crippen LogP contribution in [0.25, 0.3) is 11.0 Å². The maximum atomic E-state index is 13.0. The molecule has 0 saturated heterocycles. The first kappa shape index (κ1) is 16.8. The van der Waals surface area contributed by atoms with E-state index in [1.165, 1.54) is 26.0 Å². The van der Waals surface area contributed by atoms with E-state index < -0.39 is 0 Å². The van der Waals surface area contributed by atoms with E-state index >= 15 is 0 Å². The van der Waals surface area contributed by atoms with Crippen molar-refractivity contribution in [1.82, 2.24) is 19.6 Å². The van der Waals surface area contributed by atoms with Crippen molar-refractivity contribution in [2.24, 2.45) is 0 Å². The van der Waals surface area contributed by atoms with Gasteiger partial charge in [0, 0.05) is 12.1 Å². The number of aryl methyl sites for hydroxylation is 2. The first-order valence-electron chi connectivity index (χ1n) is 7.81. The van der Waals surface area contributed by atoms with Crippen LogP contribution < -0.4 is 14.2 Å². The number of nitrogens with zero attached hydrogens (tertiary/aromatic N) is 4. The minimum absolute atomic E-state index is 0.298. The summed E-state index contributed by atoms with van der Waals surface area (Å²) in [5.41, 5.74) is 2.64. The van der Waals surface area contributed by atoms with Gasteiger partial charge in [0.05, 0.1) is 33.2 Å². The smallest absolute Gasteiger partial charge is 0.279 e. The van der Waals surface area contributed by atoms with Crippen LogP contribution in [0.5, 0.6) is 17.2 Å². The van der Waals surface area contributed by atoms with Gasteiger partial charge in [-0.2, -0.15) is 14.9 Å². The van der Waals surface area contributed by atoms with Gasteiger partial charge in [-0.1, -0.05) is 0 Å². The predicted molar refractivity (Wildman–Crippen MR) is 91.8 cm³/mol. The minimum Gasteiger partial charge on any atom is -0.493 e. The molecule has 0 saturated carbocycles. The largest absolute Gasteiger partial charge is 0.493 e. The molecule has 25 heavy (non-hydrogen) atoms. The number of carbonyl (C=O) groups is 1. The van der Waals surface area contributed by atoms with Gasteiger partial charge in [0.2, 0.25) is 5.75 Å². The number of ether oxygens (including phenoxy) is 3. The average molecular weight is 344 g/mol. The molecule has 8 heteroatoms. The molecule has 0 aliphatic heterocycles. The third-order valence-electron chi connectivity index (χ3n) is 4.04.